The van der Waals surface area contributed by atoms with Crippen LogP contribution in [0.2, 0.25) is 0 Å². The maximum atomic E-state index is 12.3. The average molecular weight is 334 g/mol. The fourth-order valence-corrected chi connectivity index (χ4v) is 3.04. The highest BCUT2D eigenvalue weighted by Gasteiger charge is 2.25. The van der Waals surface area contributed by atoms with Gasteiger partial charge in [-0.2, -0.15) is 0 Å². The van der Waals surface area contributed by atoms with E-state index >= 15 is 0 Å². The molecule has 1 saturated heterocycles. The maximum Gasteiger partial charge on any atom is 0.224 e. The summed E-state index contributed by atoms with van der Waals surface area (Å²) in [5, 5.41) is 2.99. The van der Waals surface area contributed by atoms with Crippen molar-refractivity contribution in [2.45, 2.75) is 19.3 Å². The Hall–Kier alpha value is -1.43. The monoisotopic (exact) mass is 334 g/mol. The normalized spacial score (nSPS) is 18.5. The highest BCUT2D eigenvalue weighted by atomic mass is 16.5. The van der Waals surface area contributed by atoms with Crippen LogP contribution in [0.3, 0.4) is 0 Å². The fourth-order valence-electron chi connectivity index (χ4n) is 3.04. The van der Waals surface area contributed by atoms with Crippen LogP contribution < -0.4 is 5.32 Å². The van der Waals surface area contributed by atoms with Gasteiger partial charge in [-0.3, -0.25) is 4.79 Å². The van der Waals surface area contributed by atoms with Gasteiger partial charge in [0.25, 0.3) is 0 Å². The molecule has 0 spiro atoms. The number of carbonyl (C=O) groups is 1. The lowest BCUT2D eigenvalue weighted by atomic mass is 9.96. The topological polar surface area (TPSA) is 50.8 Å². The summed E-state index contributed by atoms with van der Waals surface area (Å²) in [5.41, 5.74) is 1.36. The zero-order valence-electron chi connectivity index (χ0n) is 14.7. The molecule has 134 valence electrons. The first-order valence-electron chi connectivity index (χ1n) is 8.90. The highest BCUT2D eigenvalue weighted by molar-refractivity contribution is 5.78. The van der Waals surface area contributed by atoms with Crippen LogP contribution in [0.15, 0.2) is 30.3 Å². The predicted octanol–water partition coefficient (Wildman–Crippen LogP) is 1.72. The minimum Gasteiger partial charge on any atom is -0.382 e. The Kier molecular flexibility index (Phi) is 8.81. The average Bonchev–Trinajstić information content (AvgIpc) is 2.64. The van der Waals surface area contributed by atoms with Crippen molar-refractivity contribution in [1.82, 2.24) is 10.2 Å². The molecule has 0 bridgehead atoms. The number of nitrogens with zero attached hydrogens (tertiary/aromatic N) is 1. The number of piperidine rings is 1. The first-order chi connectivity index (χ1) is 11.8. The van der Waals surface area contributed by atoms with E-state index in [-0.39, 0.29) is 11.8 Å². The molecule has 0 aliphatic carbocycles. The maximum absolute atomic E-state index is 12.3. The second-order valence-corrected chi connectivity index (χ2v) is 6.27. The third-order valence-corrected chi connectivity index (χ3v) is 4.41. The minimum absolute atomic E-state index is 0.105. The van der Waals surface area contributed by atoms with Crippen LogP contribution in [0.25, 0.3) is 0 Å². The van der Waals surface area contributed by atoms with Gasteiger partial charge in [0.1, 0.15) is 0 Å². The first kappa shape index (κ1) is 18.9. The minimum atomic E-state index is 0.105. The Balaban J connectivity index is 1.63. The molecule has 1 aromatic rings. The van der Waals surface area contributed by atoms with E-state index in [1.807, 2.05) is 6.07 Å². The zero-order valence-corrected chi connectivity index (χ0v) is 14.7. The molecule has 1 N–H and O–H groups in total. The lowest BCUT2D eigenvalue weighted by Crippen LogP contribution is -2.44. The van der Waals surface area contributed by atoms with Crippen molar-refractivity contribution in [2.75, 3.05) is 53.1 Å². The molecule has 1 fully saturated rings. The lowest BCUT2D eigenvalue weighted by Gasteiger charge is -2.32. The van der Waals surface area contributed by atoms with Crippen molar-refractivity contribution in [3.63, 3.8) is 0 Å². The lowest BCUT2D eigenvalue weighted by molar-refractivity contribution is -0.126. The van der Waals surface area contributed by atoms with Gasteiger partial charge in [-0.05, 0) is 31.4 Å². The van der Waals surface area contributed by atoms with Gasteiger partial charge in [0, 0.05) is 26.7 Å². The van der Waals surface area contributed by atoms with Crippen LogP contribution in [0.1, 0.15) is 18.4 Å². The second-order valence-electron chi connectivity index (χ2n) is 6.27. The Bertz CT molecular complexity index is 467. The number of amides is 1. The SMILES string of the molecule is COCCOCCNC(=O)[C@H]1CCCN(CCc2ccccc2)C1. The first-order valence-corrected chi connectivity index (χ1v) is 8.90. The molecule has 1 amide bonds. The standard InChI is InChI=1S/C19H30N2O3/c1-23-14-15-24-13-10-20-19(22)18-8-5-11-21(16-18)12-9-17-6-3-2-4-7-17/h2-4,6-7,18H,5,8-16H2,1H3,(H,20,22)/t18-/m0/s1. The summed E-state index contributed by atoms with van der Waals surface area (Å²) in [7, 11) is 1.65. The Morgan fingerprint density at radius 3 is 2.88 bits per heavy atom. The number of benzene rings is 1. The van der Waals surface area contributed by atoms with E-state index in [0.717, 1.165) is 38.9 Å². The molecule has 5 nitrogen and oxygen atoms in total. The molecule has 1 aromatic carbocycles. The molecule has 0 unspecified atom stereocenters. The van der Waals surface area contributed by atoms with E-state index in [1.165, 1.54) is 5.56 Å². The molecule has 1 atom stereocenters. The van der Waals surface area contributed by atoms with E-state index in [4.69, 9.17) is 9.47 Å². The van der Waals surface area contributed by atoms with Crippen molar-refractivity contribution >= 4 is 5.91 Å². The molecule has 0 aromatic heterocycles. The van der Waals surface area contributed by atoms with Gasteiger partial charge in [0.05, 0.1) is 25.7 Å². The predicted molar refractivity (Wildman–Crippen MR) is 95.0 cm³/mol. The van der Waals surface area contributed by atoms with Crippen LogP contribution in [-0.2, 0) is 20.7 Å². The molecule has 2 rings (SSSR count). The number of ether oxygens (including phenoxy) is 2. The van der Waals surface area contributed by atoms with Gasteiger partial charge in [-0.15, -0.1) is 0 Å². The quantitative estimate of drug-likeness (QED) is 0.662. The van der Waals surface area contributed by atoms with Gasteiger partial charge in [0.2, 0.25) is 5.91 Å². The summed E-state index contributed by atoms with van der Waals surface area (Å²) in [6.45, 7) is 5.26. The number of rotatable bonds is 10. The van der Waals surface area contributed by atoms with Gasteiger partial charge in [-0.1, -0.05) is 30.3 Å². The Labute approximate surface area is 145 Å². The second kappa shape index (κ2) is 11.2. The molecule has 1 heterocycles. The summed E-state index contributed by atoms with van der Waals surface area (Å²) in [4.78, 5) is 14.7. The summed E-state index contributed by atoms with van der Waals surface area (Å²) in [6.07, 6.45) is 3.12. The van der Waals surface area contributed by atoms with Crippen LogP contribution in [0.5, 0.6) is 0 Å². The van der Waals surface area contributed by atoms with Crippen LogP contribution >= 0.6 is 0 Å². The summed E-state index contributed by atoms with van der Waals surface area (Å²) in [5.74, 6) is 0.267. The molecule has 1 aliphatic heterocycles. The van der Waals surface area contributed by atoms with Crippen LogP contribution in [0, 0.1) is 5.92 Å². The van der Waals surface area contributed by atoms with Crippen molar-refractivity contribution in [3.05, 3.63) is 35.9 Å². The largest absolute Gasteiger partial charge is 0.382 e. The van der Waals surface area contributed by atoms with Crippen molar-refractivity contribution in [3.8, 4) is 0 Å². The number of likely N-dealkylation sites (tertiary alicyclic amines) is 1. The third kappa shape index (κ3) is 6.99. The van der Waals surface area contributed by atoms with Gasteiger partial charge >= 0.3 is 0 Å². The Morgan fingerprint density at radius 1 is 1.25 bits per heavy atom. The van der Waals surface area contributed by atoms with Gasteiger partial charge in [-0.25, -0.2) is 0 Å². The van der Waals surface area contributed by atoms with Gasteiger partial charge in [0.15, 0.2) is 0 Å². The summed E-state index contributed by atoms with van der Waals surface area (Å²) >= 11 is 0. The molecular weight excluding hydrogens is 304 g/mol. The number of hydrogen-bond donors (Lipinski definition) is 1. The van der Waals surface area contributed by atoms with Gasteiger partial charge < -0.3 is 19.7 Å². The molecule has 1 aliphatic rings. The van der Waals surface area contributed by atoms with E-state index < -0.39 is 0 Å². The van der Waals surface area contributed by atoms with E-state index in [1.54, 1.807) is 7.11 Å². The summed E-state index contributed by atoms with van der Waals surface area (Å²) in [6, 6.07) is 10.5. The number of nitrogens with one attached hydrogen (secondary N) is 1. The van der Waals surface area contributed by atoms with E-state index in [2.05, 4.69) is 34.5 Å². The smallest absolute Gasteiger partial charge is 0.224 e. The third-order valence-electron chi connectivity index (χ3n) is 4.41. The number of carbonyl (C=O) groups excluding carboxylic acids is 1. The molecule has 24 heavy (non-hydrogen) atoms. The van der Waals surface area contributed by atoms with E-state index in [0.29, 0.717) is 26.4 Å². The highest BCUT2D eigenvalue weighted by Crippen LogP contribution is 2.17. The molecule has 5 heteroatoms. The molecule has 0 radical (unpaired) electrons. The van der Waals surface area contributed by atoms with Crippen LogP contribution in [0.4, 0.5) is 0 Å². The number of methoxy groups -OCH3 is 1. The summed E-state index contributed by atoms with van der Waals surface area (Å²) < 4.78 is 10.3. The van der Waals surface area contributed by atoms with Crippen molar-refractivity contribution in [1.29, 1.82) is 0 Å². The van der Waals surface area contributed by atoms with Crippen LogP contribution in [-0.4, -0.2) is 63.9 Å². The zero-order chi connectivity index (χ0) is 17.0. The van der Waals surface area contributed by atoms with Crippen molar-refractivity contribution < 1.29 is 14.3 Å². The molecule has 0 saturated carbocycles. The number of hydrogen-bond acceptors (Lipinski definition) is 4. The Morgan fingerprint density at radius 2 is 2.08 bits per heavy atom. The molecular formula is C19H30N2O3. The van der Waals surface area contributed by atoms with Crippen molar-refractivity contribution in [2.24, 2.45) is 5.92 Å². The van der Waals surface area contributed by atoms with E-state index in [9.17, 15) is 4.79 Å². The fraction of sp³-hybridized carbons (Fsp3) is 0.632.